The summed E-state index contributed by atoms with van der Waals surface area (Å²) in [5, 5.41) is 5.80. The Morgan fingerprint density at radius 1 is 1.38 bits per heavy atom. The van der Waals surface area contributed by atoms with Crippen molar-refractivity contribution in [1.29, 1.82) is 0 Å². The second kappa shape index (κ2) is 7.75. The lowest BCUT2D eigenvalue weighted by atomic mass is 10.1. The maximum atomic E-state index is 13.8. The Balaban J connectivity index is 2.34. The molecule has 21 heavy (non-hydrogen) atoms. The molecular formula is C15H22BrFN2O2. The van der Waals surface area contributed by atoms with Crippen LogP contribution in [0.25, 0.3) is 0 Å². The van der Waals surface area contributed by atoms with Crippen LogP contribution in [0.3, 0.4) is 0 Å². The largest absolute Gasteiger partial charge is 0.444 e. The van der Waals surface area contributed by atoms with Gasteiger partial charge in [-0.15, -0.1) is 0 Å². The van der Waals surface area contributed by atoms with E-state index in [0.29, 0.717) is 23.1 Å². The number of carbonyl (C=O) groups is 1. The van der Waals surface area contributed by atoms with Crippen LogP contribution >= 0.6 is 15.9 Å². The van der Waals surface area contributed by atoms with Gasteiger partial charge in [0.05, 0.1) is 0 Å². The molecule has 1 atom stereocenters. The van der Waals surface area contributed by atoms with Gasteiger partial charge >= 0.3 is 6.09 Å². The molecule has 0 bridgehead atoms. The van der Waals surface area contributed by atoms with Crippen molar-refractivity contribution in [2.45, 2.75) is 39.3 Å². The van der Waals surface area contributed by atoms with Crippen LogP contribution < -0.4 is 10.6 Å². The Morgan fingerprint density at radius 3 is 2.62 bits per heavy atom. The van der Waals surface area contributed by atoms with E-state index in [1.54, 1.807) is 12.1 Å². The van der Waals surface area contributed by atoms with Crippen LogP contribution in [0.5, 0.6) is 0 Å². The average molecular weight is 361 g/mol. The van der Waals surface area contributed by atoms with Gasteiger partial charge in [0.1, 0.15) is 11.4 Å². The molecule has 1 aromatic rings. The second-order valence-corrected chi connectivity index (χ2v) is 6.69. The molecule has 118 valence electrons. The van der Waals surface area contributed by atoms with E-state index in [1.165, 1.54) is 6.07 Å². The highest BCUT2D eigenvalue weighted by atomic mass is 79.9. The van der Waals surface area contributed by atoms with Gasteiger partial charge in [-0.1, -0.05) is 22.0 Å². The van der Waals surface area contributed by atoms with Crippen LogP contribution in [0.1, 0.15) is 39.3 Å². The van der Waals surface area contributed by atoms with Crippen molar-refractivity contribution in [3.8, 4) is 0 Å². The molecule has 2 N–H and O–H groups in total. The molecule has 0 radical (unpaired) electrons. The van der Waals surface area contributed by atoms with Crippen LogP contribution in [0, 0.1) is 5.82 Å². The molecule has 0 aromatic heterocycles. The van der Waals surface area contributed by atoms with Gasteiger partial charge < -0.3 is 15.4 Å². The molecular weight excluding hydrogens is 339 g/mol. The molecule has 0 aliphatic rings. The van der Waals surface area contributed by atoms with Gasteiger partial charge in [-0.3, -0.25) is 0 Å². The molecule has 1 rings (SSSR count). The van der Waals surface area contributed by atoms with E-state index in [0.717, 1.165) is 0 Å². The number of alkyl carbamates (subject to hydrolysis) is 1. The number of rotatable bonds is 5. The van der Waals surface area contributed by atoms with Crippen molar-refractivity contribution in [1.82, 2.24) is 10.6 Å². The standard InChI is InChI=1S/C15H22BrFN2O2/c1-10(12-6-5-11(16)9-13(12)17)18-7-8-19-14(20)21-15(2,3)4/h5-6,9-10,18H,7-8H2,1-4H3,(H,19,20). The third-order valence-electron chi connectivity index (χ3n) is 2.67. The lowest BCUT2D eigenvalue weighted by Gasteiger charge is -2.20. The minimum Gasteiger partial charge on any atom is -0.444 e. The van der Waals surface area contributed by atoms with E-state index in [-0.39, 0.29) is 11.9 Å². The summed E-state index contributed by atoms with van der Waals surface area (Å²) in [6.45, 7) is 8.24. The fourth-order valence-corrected chi connectivity index (χ4v) is 2.06. The first-order chi connectivity index (χ1) is 9.69. The van der Waals surface area contributed by atoms with Gasteiger partial charge in [-0.05, 0) is 39.8 Å². The minimum absolute atomic E-state index is 0.140. The van der Waals surface area contributed by atoms with Gasteiger partial charge in [0.2, 0.25) is 0 Å². The molecule has 1 aromatic carbocycles. The minimum atomic E-state index is -0.509. The van der Waals surface area contributed by atoms with Crippen molar-refractivity contribution in [2.24, 2.45) is 0 Å². The van der Waals surface area contributed by atoms with Gasteiger partial charge in [-0.25, -0.2) is 9.18 Å². The Kier molecular flexibility index (Phi) is 6.61. The first kappa shape index (κ1) is 17.9. The lowest BCUT2D eigenvalue weighted by Crippen LogP contribution is -2.37. The number of ether oxygens (including phenoxy) is 1. The highest BCUT2D eigenvalue weighted by molar-refractivity contribution is 9.10. The molecule has 0 aliphatic carbocycles. The first-order valence-electron chi connectivity index (χ1n) is 6.84. The molecule has 0 fully saturated rings. The Morgan fingerprint density at radius 2 is 2.05 bits per heavy atom. The zero-order valence-corrected chi connectivity index (χ0v) is 14.4. The summed E-state index contributed by atoms with van der Waals surface area (Å²) >= 11 is 3.23. The van der Waals surface area contributed by atoms with Crippen LogP contribution in [0.15, 0.2) is 22.7 Å². The van der Waals surface area contributed by atoms with Crippen LogP contribution in [0.4, 0.5) is 9.18 Å². The number of nitrogens with one attached hydrogen (secondary N) is 2. The van der Waals surface area contributed by atoms with E-state index >= 15 is 0 Å². The summed E-state index contributed by atoms with van der Waals surface area (Å²) in [6, 6.07) is 4.83. The van der Waals surface area contributed by atoms with Gasteiger partial charge in [0, 0.05) is 29.2 Å². The maximum Gasteiger partial charge on any atom is 0.407 e. The van der Waals surface area contributed by atoms with E-state index < -0.39 is 11.7 Å². The predicted octanol–water partition coefficient (Wildman–Crippen LogP) is 3.76. The summed E-state index contributed by atoms with van der Waals surface area (Å²) in [6.07, 6.45) is -0.452. The molecule has 0 heterocycles. The van der Waals surface area contributed by atoms with Gasteiger partial charge in [0.15, 0.2) is 0 Å². The van der Waals surface area contributed by atoms with E-state index in [1.807, 2.05) is 27.7 Å². The van der Waals surface area contributed by atoms with Crippen LogP contribution in [-0.2, 0) is 4.74 Å². The molecule has 1 unspecified atom stereocenters. The molecule has 0 saturated carbocycles. The maximum absolute atomic E-state index is 13.8. The van der Waals surface area contributed by atoms with Crippen LogP contribution in [0.2, 0.25) is 0 Å². The van der Waals surface area contributed by atoms with Crippen molar-refractivity contribution < 1.29 is 13.9 Å². The highest BCUT2D eigenvalue weighted by Gasteiger charge is 2.15. The SMILES string of the molecule is CC(NCCNC(=O)OC(C)(C)C)c1ccc(Br)cc1F. The molecule has 6 heteroatoms. The molecule has 0 saturated heterocycles. The number of halogens is 2. The topological polar surface area (TPSA) is 50.4 Å². The summed E-state index contributed by atoms with van der Waals surface area (Å²) < 4.78 is 19.6. The predicted molar refractivity (Wildman–Crippen MR) is 84.8 cm³/mol. The zero-order chi connectivity index (χ0) is 16.0. The molecule has 4 nitrogen and oxygen atoms in total. The molecule has 1 amide bonds. The zero-order valence-electron chi connectivity index (χ0n) is 12.8. The van der Waals surface area contributed by atoms with Crippen molar-refractivity contribution in [3.63, 3.8) is 0 Å². The smallest absolute Gasteiger partial charge is 0.407 e. The molecule has 0 spiro atoms. The van der Waals surface area contributed by atoms with E-state index in [2.05, 4.69) is 26.6 Å². The summed E-state index contributed by atoms with van der Waals surface area (Å²) in [4.78, 5) is 11.4. The van der Waals surface area contributed by atoms with Crippen molar-refractivity contribution in [3.05, 3.63) is 34.1 Å². The van der Waals surface area contributed by atoms with Crippen LogP contribution in [-0.4, -0.2) is 24.8 Å². The fourth-order valence-electron chi connectivity index (χ4n) is 1.73. The number of carbonyl (C=O) groups excluding carboxylic acids is 1. The monoisotopic (exact) mass is 360 g/mol. The fraction of sp³-hybridized carbons (Fsp3) is 0.533. The van der Waals surface area contributed by atoms with E-state index in [9.17, 15) is 9.18 Å². The highest BCUT2D eigenvalue weighted by Crippen LogP contribution is 2.20. The van der Waals surface area contributed by atoms with E-state index in [4.69, 9.17) is 4.74 Å². The average Bonchev–Trinajstić information content (AvgIpc) is 2.32. The second-order valence-electron chi connectivity index (χ2n) is 5.77. The number of hydrogen-bond acceptors (Lipinski definition) is 3. The van der Waals surface area contributed by atoms with Gasteiger partial charge in [0.25, 0.3) is 0 Å². The number of benzene rings is 1. The third kappa shape index (κ3) is 6.91. The van der Waals surface area contributed by atoms with Crippen molar-refractivity contribution in [2.75, 3.05) is 13.1 Å². The molecule has 0 aliphatic heterocycles. The third-order valence-corrected chi connectivity index (χ3v) is 3.17. The Hall–Kier alpha value is -1.14. The first-order valence-corrected chi connectivity index (χ1v) is 7.63. The summed E-state index contributed by atoms with van der Waals surface area (Å²) in [5.74, 6) is -0.260. The van der Waals surface area contributed by atoms with Crippen molar-refractivity contribution >= 4 is 22.0 Å². The number of amides is 1. The normalized spacial score (nSPS) is 12.9. The quantitative estimate of drug-likeness (QED) is 0.785. The number of hydrogen-bond donors (Lipinski definition) is 2. The summed E-state index contributed by atoms with van der Waals surface area (Å²) in [7, 11) is 0. The Labute approximate surface area is 133 Å². The Bertz CT molecular complexity index is 489. The summed E-state index contributed by atoms with van der Waals surface area (Å²) in [5.41, 5.74) is 0.0845. The van der Waals surface area contributed by atoms with Gasteiger partial charge in [-0.2, -0.15) is 0 Å². The lowest BCUT2D eigenvalue weighted by molar-refractivity contribution is 0.0528.